The Morgan fingerprint density at radius 2 is 1.86 bits per heavy atom. The minimum Gasteiger partial charge on any atom is -0.493 e. The number of hydrogen-bond acceptors (Lipinski definition) is 5. The predicted molar refractivity (Wildman–Crippen MR) is 117 cm³/mol. The van der Waals surface area contributed by atoms with Crippen LogP contribution in [0, 0.1) is 0 Å². The van der Waals surface area contributed by atoms with Crippen molar-refractivity contribution in [2.45, 2.75) is 25.3 Å². The van der Waals surface area contributed by atoms with Crippen LogP contribution in [0.25, 0.3) is 0 Å². The van der Waals surface area contributed by atoms with Crippen molar-refractivity contribution in [3.05, 3.63) is 52.0 Å². The maximum atomic E-state index is 12.9. The molecule has 8 heteroatoms. The van der Waals surface area contributed by atoms with E-state index in [1.165, 1.54) is 0 Å². The summed E-state index contributed by atoms with van der Waals surface area (Å²) in [5.41, 5.74) is 1.27. The molecule has 0 radical (unpaired) electrons. The smallest absolute Gasteiger partial charge is 0.248 e. The first-order chi connectivity index (χ1) is 14.0. The molecule has 1 aliphatic heterocycles. The zero-order valence-electron chi connectivity index (χ0n) is 16.3. The minimum atomic E-state index is -0.396. The van der Waals surface area contributed by atoms with E-state index in [9.17, 15) is 4.79 Å². The molecule has 1 heterocycles. The molecule has 1 N–H and O–H groups in total. The molecule has 29 heavy (non-hydrogen) atoms. The summed E-state index contributed by atoms with van der Waals surface area (Å²) in [6.07, 6.45) is 4.35. The lowest BCUT2D eigenvalue weighted by Crippen LogP contribution is -2.44. The van der Waals surface area contributed by atoms with Gasteiger partial charge in [-0.3, -0.25) is 9.80 Å². The lowest BCUT2D eigenvalue weighted by Gasteiger charge is -2.32. The Kier molecular flexibility index (Phi) is 7.23. The summed E-state index contributed by atoms with van der Waals surface area (Å²) in [5, 5.41) is 10.0. The number of para-hydroxylation sites is 1. The maximum Gasteiger partial charge on any atom is 0.248 e. The lowest BCUT2D eigenvalue weighted by atomic mass is 10.0. The molecule has 2 aromatic rings. The van der Waals surface area contributed by atoms with Gasteiger partial charge < -0.3 is 14.8 Å². The standard InChI is InChI=1S/C21H23Cl2N3O3/c1-28-18-10-9-14(12-19(18)29-2)13-24-26-11-4-3-8-17(26)21(27)25-20-15(22)6-5-7-16(20)23/h5-7,9-10,12-13,17H,3-4,8,11H2,1-2H3,(H,25,27)/b24-13+. The highest BCUT2D eigenvalue weighted by Crippen LogP contribution is 2.31. The Morgan fingerprint density at radius 3 is 2.55 bits per heavy atom. The van der Waals surface area contributed by atoms with E-state index < -0.39 is 6.04 Å². The van der Waals surface area contributed by atoms with Crippen LogP contribution >= 0.6 is 23.2 Å². The van der Waals surface area contributed by atoms with Crippen molar-refractivity contribution in [2.24, 2.45) is 5.10 Å². The van der Waals surface area contributed by atoms with Crippen LogP contribution in [0.1, 0.15) is 24.8 Å². The highest BCUT2D eigenvalue weighted by atomic mass is 35.5. The summed E-state index contributed by atoms with van der Waals surface area (Å²) in [5.74, 6) is 1.10. The lowest BCUT2D eigenvalue weighted by molar-refractivity contribution is -0.122. The van der Waals surface area contributed by atoms with E-state index in [1.54, 1.807) is 43.6 Å². The zero-order chi connectivity index (χ0) is 20.8. The van der Waals surface area contributed by atoms with Gasteiger partial charge in [0.25, 0.3) is 0 Å². The zero-order valence-corrected chi connectivity index (χ0v) is 17.8. The third kappa shape index (κ3) is 5.14. The number of piperidine rings is 1. The molecule has 1 saturated heterocycles. The van der Waals surface area contributed by atoms with Gasteiger partial charge in [0, 0.05) is 6.54 Å². The monoisotopic (exact) mass is 435 g/mol. The molecule has 3 rings (SSSR count). The molecule has 0 aliphatic carbocycles. The van der Waals surface area contributed by atoms with Gasteiger partial charge in [0.2, 0.25) is 5.91 Å². The minimum absolute atomic E-state index is 0.177. The number of nitrogens with zero attached hydrogens (tertiary/aromatic N) is 2. The topological polar surface area (TPSA) is 63.2 Å². The van der Waals surface area contributed by atoms with Crippen LogP contribution in [0.2, 0.25) is 10.0 Å². The molecule has 1 atom stereocenters. The molecular weight excluding hydrogens is 413 g/mol. The Hall–Kier alpha value is -2.44. The normalized spacial score (nSPS) is 16.7. The number of hydrazone groups is 1. The first-order valence-corrected chi connectivity index (χ1v) is 10.1. The largest absolute Gasteiger partial charge is 0.493 e. The van der Waals surface area contributed by atoms with Crippen LogP contribution in [0.3, 0.4) is 0 Å². The van der Waals surface area contributed by atoms with Crippen LogP contribution in [0.5, 0.6) is 11.5 Å². The molecule has 2 aromatic carbocycles. The van der Waals surface area contributed by atoms with Crippen molar-refractivity contribution in [1.82, 2.24) is 5.01 Å². The van der Waals surface area contributed by atoms with Gasteiger partial charge in [-0.25, -0.2) is 0 Å². The Bertz CT molecular complexity index is 884. The number of methoxy groups -OCH3 is 2. The van der Waals surface area contributed by atoms with Crippen molar-refractivity contribution in [3.8, 4) is 11.5 Å². The first kappa shape index (κ1) is 21.3. The van der Waals surface area contributed by atoms with Crippen LogP contribution in [0.4, 0.5) is 5.69 Å². The highest BCUT2D eigenvalue weighted by molar-refractivity contribution is 6.39. The van der Waals surface area contributed by atoms with Crippen molar-refractivity contribution in [3.63, 3.8) is 0 Å². The van der Waals surface area contributed by atoms with E-state index in [1.807, 2.05) is 18.2 Å². The van der Waals surface area contributed by atoms with E-state index in [-0.39, 0.29) is 5.91 Å². The number of nitrogens with one attached hydrogen (secondary N) is 1. The molecule has 1 amide bonds. The summed E-state index contributed by atoms with van der Waals surface area (Å²) in [6, 6.07) is 10.3. The second-order valence-electron chi connectivity index (χ2n) is 6.62. The van der Waals surface area contributed by atoms with Gasteiger partial charge in [-0.15, -0.1) is 0 Å². The number of carbonyl (C=O) groups is 1. The van der Waals surface area contributed by atoms with Gasteiger partial charge in [-0.1, -0.05) is 29.3 Å². The van der Waals surface area contributed by atoms with E-state index in [2.05, 4.69) is 10.4 Å². The number of amides is 1. The molecule has 0 aromatic heterocycles. The summed E-state index contributed by atoms with van der Waals surface area (Å²) >= 11 is 12.4. The Labute approximate surface area is 180 Å². The number of ether oxygens (including phenoxy) is 2. The molecule has 6 nitrogen and oxygen atoms in total. The average molecular weight is 436 g/mol. The highest BCUT2D eigenvalue weighted by Gasteiger charge is 2.28. The fourth-order valence-corrected chi connectivity index (χ4v) is 3.71. The van der Waals surface area contributed by atoms with Crippen LogP contribution < -0.4 is 14.8 Å². The van der Waals surface area contributed by atoms with Crippen molar-refractivity contribution in [2.75, 3.05) is 26.1 Å². The molecule has 1 fully saturated rings. The second-order valence-corrected chi connectivity index (χ2v) is 7.43. The van der Waals surface area contributed by atoms with Crippen molar-refractivity contribution in [1.29, 1.82) is 0 Å². The van der Waals surface area contributed by atoms with Crippen molar-refractivity contribution >= 4 is 41.0 Å². The SMILES string of the molecule is COc1ccc(/C=N/N2CCCCC2C(=O)Nc2c(Cl)cccc2Cl)cc1OC. The van der Waals surface area contributed by atoms with Gasteiger partial charge in [0.05, 0.1) is 36.2 Å². The number of anilines is 1. The summed E-state index contributed by atoms with van der Waals surface area (Å²) in [6.45, 7) is 0.693. The fraction of sp³-hybridized carbons (Fsp3) is 0.333. The van der Waals surface area contributed by atoms with Gasteiger partial charge in [-0.2, -0.15) is 5.10 Å². The van der Waals surface area contributed by atoms with Gasteiger partial charge in [0.15, 0.2) is 11.5 Å². The number of hydrogen-bond donors (Lipinski definition) is 1. The fourth-order valence-electron chi connectivity index (χ4n) is 3.22. The maximum absolute atomic E-state index is 12.9. The van der Waals surface area contributed by atoms with E-state index in [4.69, 9.17) is 32.7 Å². The van der Waals surface area contributed by atoms with E-state index in [0.29, 0.717) is 40.2 Å². The third-order valence-corrected chi connectivity index (χ3v) is 5.38. The molecule has 0 bridgehead atoms. The van der Waals surface area contributed by atoms with E-state index >= 15 is 0 Å². The average Bonchev–Trinajstić information content (AvgIpc) is 2.74. The quantitative estimate of drug-likeness (QED) is 0.659. The number of benzene rings is 2. The van der Waals surface area contributed by atoms with Crippen LogP contribution in [0.15, 0.2) is 41.5 Å². The number of carbonyl (C=O) groups excluding carboxylic acids is 1. The van der Waals surface area contributed by atoms with E-state index in [0.717, 1.165) is 18.4 Å². The second kappa shape index (κ2) is 9.85. The number of rotatable bonds is 6. The Morgan fingerprint density at radius 1 is 1.14 bits per heavy atom. The molecule has 0 saturated carbocycles. The van der Waals surface area contributed by atoms with Gasteiger partial charge in [-0.05, 0) is 55.2 Å². The molecule has 1 aliphatic rings. The van der Waals surface area contributed by atoms with Gasteiger partial charge in [0.1, 0.15) is 6.04 Å². The first-order valence-electron chi connectivity index (χ1n) is 9.31. The molecule has 1 unspecified atom stereocenters. The molecule has 0 spiro atoms. The summed E-state index contributed by atoms with van der Waals surface area (Å²) in [7, 11) is 3.18. The molecule has 154 valence electrons. The Balaban J connectivity index is 1.76. The summed E-state index contributed by atoms with van der Waals surface area (Å²) in [4.78, 5) is 12.9. The van der Waals surface area contributed by atoms with Crippen molar-refractivity contribution < 1.29 is 14.3 Å². The number of halogens is 2. The van der Waals surface area contributed by atoms with Gasteiger partial charge >= 0.3 is 0 Å². The van der Waals surface area contributed by atoms with Crippen LogP contribution in [-0.4, -0.2) is 43.9 Å². The van der Waals surface area contributed by atoms with Crippen LogP contribution in [-0.2, 0) is 4.79 Å². The molecular formula is C21H23Cl2N3O3. The predicted octanol–water partition coefficient (Wildman–Crippen LogP) is 4.84. The third-order valence-electron chi connectivity index (χ3n) is 4.75. The summed E-state index contributed by atoms with van der Waals surface area (Å²) < 4.78 is 10.6.